The van der Waals surface area contributed by atoms with Gasteiger partial charge in [-0.2, -0.15) is 0 Å². The Labute approximate surface area is 124 Å². The van der Waals surface area contributed by atoms with Gasteiger partial charge in [0.25, 0.3) is 0 Å². The topological polar surface area (TPSA) is 29.1 Å². The van der Waals surface area contributed by atoms with Crippen LogP contribution in [0.25, 0.3) is 0 Å². The van der Waals surface area contributed by atoms with Crippen LogP contribution in [-0.2, 0) is 4.79 Å². The van der Waals surface area contributed by atoms with E-state index >= 15 is 0 Å². The number of hydrogen-bond donors (Lipinski definition) is 1. The van der Waals surface area contributed by atoms with Crippen molar-refractivity contribution >= 4 is 23.4 Å². The van der Waals surface area contributed by atoms with Crippen molar-refractivity contribution in [2.75, 3.05) is 11.1 Å². The second-order valence-electron chi connectivity index (χ2n) is 4.18. The summed E-state index contributed by atoms with van der Waals surface area (Å²) in [4.78, 5) is 12.7. The van der Waals surface area contributed by atoms with Crippen LogP contribution < -0.4 is 5.32 Å². The van der Waals surface area contributed by atoms with Crippen molar-refractivity contribution in [3.63, 3.8) is 0 Å². The van der Waals surface area contributed by atoms with Crippen molar-refractivity contribution in [1.29, 1.82) is 0 Å². The zero-order valence-electron chi connectivity index (χ0n) is 10.9. The van der Waals surface area contributed by atoms with Gasteiger partial charge in [0.15, 0.2) is 17.5 Å². The summed E-state index contributed by atoms with van der Waals surface area (Å²) in [5.41, 5.74) is -0.358. The number of benzene rings is 2. The molecule has 110 valence electrons. The number of rotatable bonds is 5. The highest BCUT2D eigenvalue weighted by atomic mass is 32.2. The van der Waals surface area contributed by atoms with Crippen molar-refractivity contribution in [1.82, 2.24) is 0 Å². The van der Waals surface area contributed by atoms with E-state index in [2.05, 4.69) is 5.32 Å². The molecule has 1 amide bonds. The van der Waals surface area contributed by atoms with Gasteiger partial charge in [0.2, 0.25) is 5.91 Å². The molecule has 1 N–H and O–H groups in total. The number of nitrogens with one attached hydrogen (secondary N) is 1. The lowest BCUT2D eigenvalue weighted by Crippen LogP contribution is -2.14. The first-order chi connectivity index (χ1) is 10.1. The van der Waals surface area contributed by atoms with Gasteiger partial charge in [0, 0.05) is 17.1 Å². The average Bonchev–Trinajstić information content (AvgIpc) is 2.49. The van der Waals surface area contributed by atoms with Gasteiger partial charge >= 0.3 is 0 Å². The van der Waals surface area contributed by atoms with E-state index in [1.807, 2.05) is 30.3 Å². The summed E-state index contributed by atoms with van der Waals surface area (Å²) in [6, 6.07) is 11.3. The molecular weight excluding hydrogens is 299 g/mol. The first-order valence-corrected chi connectivity index (χ1v) is 7.17. The van der Waals surface area contributed by atoms with Crippen LogP contribution in [0.2, 0.25) is 0 Å². The molecular formula is C15H12F3NOS. The van der Waals surface area contributed by atoms with E-state index in [9.17, 15) is 18.0 Å². The number of carbonyl (C=O) groups is 1. The maximum atomic E-state index is 13.4. The lowest BCUT2D eigenvalue weighted by Gasteiger charge is -2.07. The standard InChI is InChI=1S/C15H12F3NOS/c16-11-6-7-12(15(18)14(11)17)19-13(20)8-9-21-10-4-2-1-3-5-10/h1-7H,8-9H2,(H,19,20). The Morgan fingerprint density at radius 3 is 2.43 bits per heavy atom. The summed E-state index contributed by atoms with van der Waals surface area (Å²) >= 11 is 1.48. The predicted octanol–water partition coefficient (Wildman–Crippen LogP) is 4.22. The van der Waals surface area contributed by atoms with Crippen LogP contribution in [0, 0.1) is 17.5 Å². The van der Waals surface area contributed by atoms with Crippen LogP contribution >= 0.6 is 11.8 Å². The highest BCUT2D eigenvalue weighted by Gasteiger charge is 2.14. The normalized spacial score (nSPS) is 10.4. The van der Waals surface area contributed by atoms with Crippen molar-refractivity contribution in [2.24, 2.45) is 0 Å². The van der Waals surface area contributed by atoms with Gasteiger partial charge in [-0.05, 0) is 24.3 Å². The minimum absolute atomic E-state index is 0.137. The second kappa shape index (κ2) is 7.17. The fourth-order valence-corrected chi connectivity index (χ4v) is 2.49. The summed E-state index contributed by atoms with van der Waals surface area (Å²) in [5.74, 6) is -4.22. The van der Waals surface area contributed by atoms with Crippen molar-refractivity contribution in [3.8, 4) is 0 Å². The minimum Gasteiger partial charge on any atom is -0.323 e. The lowest BCUT2D eigenvalue weighted by atomic mass is 10.2. The number of amides is 1. The van der Waals surface area contributed by atoms with Crippen LogP contribution in [0.5, 0.6) is 0 Å². The Balaban J connectivity index is 1.86. The molecule has 21 heavy (non-hydrogen) atoms. The number of carbonyl (C=O) groups excluding carboxylic acids is 1. The van der Waals surface area contributed by atoms with E-state index in [-0.39, 0.29) is 12.1 Å². The Morgan fingerprint density at radius 2 is 1.71 bits per heavy atom. The molecule has 0 spiro atoms. The van der Waals surface area contributed by atoms with Crippen molar-refractivity contribution in [3.05, 3.63) is 59.9 Å². The minimum atomic E-state index is -1.59. The van der Waals surface area contributed by atoms with Gasteiger partial charge in [-0.15, -0.1) is 11.8 Å². The first-order valence-electron chi connectivity index (χ1n) is 6.19. The third-order valence-corrected chi connectivity index (χ3v) is 3.66. The van der Waals surface area contributed by atoms with Gasteiger partial charge in [0.05, 0.1) is 5.69 Å². The summed E-state index contributed by atoms with van der Waals surface area (Å²) < 4.78 is 39.1. The maximum Gasteiger partial charge on any atom is 0.225 e. The molecule has 2 aromatic carbocycles. The highest BCUT2D eigenvalue weighted by molar-refractivity contribution is 7.99. The predicted molar refractivity (Wildman–Crippen MR) is 76.7 cm³/mol. The molecule has 0 atom stereocenters. The smallest absolute Gasteiger partial charge is 0.225 e. The van der Waals surface area contributed by atoms with Crippen LogP contribution in [0.15, 0.2) is 47.4 Å². The third-order valence-electron chi connectivity index (χ3n) is 2.65. The van der Waals surface area contributed by atoms with E-state index in [0.717, 1.165) is 17.0 Å². The number of hydrogen-bond acceptors (Lipinski definition) is 2. The van der Waals surface area contributed by atoms with Crippen LogP contribution in [0.4, 0.5) is 18.9 Å². The quantitative estimate of drug-likeness (QED) is 0.661. The molecule has 0 saturated heterocycles. The van der Waals surface area contributed by atoms with Crippen LogP contribution in [0.1, 0.15) is 6.42 Å². The molecule has 0 aliphatic rings. The van der Waals surface area contributed by atoms with E-state index in [1.165, 1.54) is 11.8 Å². The molecule has 2 aromatic rings. The molecule has 0 aliphatic carbocycles. The maximum absolute atomic E-state index is 13.4. The number of halogens is 3. The fourth-order valence-electron chi connectivity index (χ4n) is 1.61. The summed E-state index contributed by atoms with van der Waals surface area (Å²) in [6.07, 6.45) is 0.137. The monoisotopic (exact) mass is 311 g/mol. The van der Waals surface area contributed by atoms with Gasteiger partial charge in [-0.3, -0.25) is 4.79 Å². The molecule has 2 rings (SSSR count). The van der Waals surface area contributed by atoms with E-state index in [0.29, 0.717) is 5.75 Å². The Morgan fingerprint density at radius 1 is 1.00 bits per heavy atom. The largest absolute Gasteiger partial charge is 0.323 e. The van der Waals surface area contributed by atoms with E-state index in [1.54, 1.807) is 0 Å². The molecule has 0 radical (unpaired) electrons. The fraction of sp³-hybridized carbons (Fsp3) is 0.133. The molecule has 0 aliphatic heterocycles. The van der Waals surface area contributed by atoms with Gasteiger partial charge < -0.3 is 5.32 Å². The lowest BCUT2D eigenvalue weighted by molar-refractivity contribution is -0.115. The third kappa shape index (κ3) is 4.26. The number of anilines is 1. The SMILES string of the molecule is O=C(CCSc1ccccc1)Nc1ccc(F)c(F)c1F. The number of thioether (sulfide) groups is 1. The van der Waals surface area contributed by atoms with Gasteiger partial charge in [-0.1, -0.05) is 18.2 Å². The first kappa shape index (κ1) is 15.4. The summed E-state index contributed by atoms with van der Waals surface area (Å²) in [6.45, 7) is 0. The second-order valence-corrected chi connectivity index (χ2v) is 5.35. The molecule has 0 unspecified atom stereocenters. The zero-order chi connectivity index (χ0) is 15.2. The Kier molecular flexibility index (Phi) is 5.27. The van der Waals surface area contributed by atoms with Crippen molar-refractivity contribution in [2.45, 2.75) is 11.3 Å². The summed E-state index contributed by atoms with van der Waals surface area (Å²) in [5, 5.41) is 2.23. The Bertz CT molecular complexity index is 634. The average molecular weight is 311 g/mol. The molecule has 0 heterocycles. The zero-order valence-corrected chi connectivity index (χ0v) is 11.7. The molecule has 0 aromatic heterocycles. The molecule has 2 nitrogen and oxygen atoms in total. The van der Waals surface area contributed by atoms with Crippen LogP contribution in [0.3, 0.4) is 0 Å². The van der Waals surface area contributed by atoms with Crippen molar-refractivity contribution < 1.29 is 18.0 Å². The van der Waals surface area contributed by atoms with Crippen LogP contribution in [-0.4, -0.2) is 11.7 Å². The molecule has 0 fully saturated rings. The molecule has 6 heteroatoms. The van der Waals surface area contributed by atoms with Gasteiger partial charge in [0.1, 0.15) is 0 Å². The van der Waals surface area contributed by atoms with Gasteiger partial charge in [-0.25, -0.2) is 13.2 Å². The molecule has 0 bridgehead atoms. The Hall–Kier alpha value is -1.95. The highest BCUT2D eigenvalue weighted by Crippen LogP contribution is 2.21. The van der Waals surface area contributed by atoms with E-state index in [4.69, 9.17) is 0 Å². The molecule has 0 saturated carbocycles. The van der Waals surface area contributed by atoms with E-state index < -0.39 is 23.4 Å². The summed E-state index contributed by atoms with van der Waals surface area (Å²) in [7, 11) is 0.